The fraction of sp³-hybridized carbons (Fsp3) is 1.00. The zero-order valence-electron chi connectivity index (χ0n) is 11.0. The van der Waals surface area contributed by atoms with E-state index in [1.165, 1.54) is 51.4 Å². The third-order valence-electron chi connectivity index (χ3n) is 6.46. The zero-order chi connectivity index (χ0) is 11.8. The van der Waals surface area contributed by atoms with Crippen molar-refractivity contribution >= 4 is 0 Å². The number of epoxide rings is 1. The van der Waals surface area contributed by atoms with Crippen molar-refractivity contribution in [1.29, 1.82) is 0 Å². The van der Waals surface area contributed by atoms with Crippen LogP contribution in [-0.2, 0) is 14.2 Å². The second-order valence-electron chi connectivity index (χ2n) is 7.00. The van der Waals surface area contributed by atoms with Crippen LogP contribution in [0.2, 0.25) is 0 Å². The van der Waals surface area contributed by atoms with Gasteiger partial charge in [0.1, 0.15) is 5.60 Å². The summed E-state index contributed by atoms with van der Waals surface area (Å²) >= 11 is 0. The van der Waals surface area contributed by atoms with Crippen molar-refractivity contribution in [2.45, 2.75) is 68.4 Å². The average molecular weight is 250 g/mol. The summed E-state index contributed by atoms with van der Waals surface area (Å²) < 4.78 is 18.8. The Morgan fingerprint density at radius 2 is 1.72 bits per heavy atom. The van der Waals surface area contributed by atoms with Gasteiger partial charge in [0, 0.05) is 11.8 Å². The maximum atomic E-state index is 6.45. The maximum absolute atomic E-state index is 6.45. The molecular formula is C15H22O3. The Morgan fingerprint density at radius 1 is 0.889 bits per heavy atom. The van der Waals surface area contributed by atoms with Gasteiger partial charge in [0.25, 0.3) is 0 Å². The largest absolute Gasteiger partial charge is 0.362 e. The molecule has 5 fully saturated rings. The molecule has 0 radical (unpaired) electrons. The molecule has 3 heteroatoms. The molecule has 0 aromatic carbocycles. The van der Waals surface area contributed by atoms with Gasteiger partial charge >= 0.3 is 0 Å². The number of ether oxygens (including phenoxy) is 3. The van der Waals surface area contributed by atoms with E-state index < -0.39 is 0 Å². The third-order valence-corrected chi connectivity index (χ3v) is 6.46. The molecule has 5 aliphatic rings. The van der Waals surface area contributed by atoms with Crippen LogP contribution in [0.1, 0.15) is 51.4 Å². The Hall–Kier alpha value is -0.120. The molecule has 2 aliphatic heterocycles. The molecule has 5 rings (SSSR count). The first-order chi connectivity index (χ1) is 8.82. The normalized spacial score (nSPS) is 56.0. The Labute approximate surface area is 108 Å². The van der Waals surface area contributed by atoms with Crippen molar-refractivity contribution in [3.63, 3.8) is 0 Å². The number of rotatable bonds is 0. The van der Waals surface area contributed by atoms with E-state index in [-0.39, 0.29) is 17.0 Å². The molecule has 2 bridgehead atoms. The molecule has 2 heterocycles. The molecule has 0 amide bonds. The van der Waals surface area contributed by atoms with E-state index >= 15 is 0 Å². The van der Waals surface area contributed by atoms with Gasteiger partial charge in [0.15, 0.2) is 5.79 Å². The van der Waals surface area contributed by atoms with Crippen molar-refractivity contribution in [3.05, 3.63) is 0 Å². The first-order valence-corrected chi connectivity index (χ1v) is 7.80. The fourth-order valence-corrected chi connectivity index (χ4v) is 5.88. The Kier molecular flexibility index (Phi) is 1.85. The van der Waals surface area contributed by atoms with Crippen LogP contribution >= 0.6 is 0 Å². The molecule has 18 heavy (non-hydrogen) atoms. The molecular weight excluding hydrogens is 228 g/mol. The standard InChI is InChI=1S/C15H22O3/c1-2-7-14-12-5-3-4-11(10-13(14,6-1)18-14)15(12)16-8-9-17-15/h11-12H,1-10H2/t11?,12-,13-,14+/m1/s1. The van der Waals surface area contributed by atoms with E-state index in [1.54, 1.807) is 0 Å². The SMILES string of the molecule is C1CC2C[C@]34CCCC[C@]3(O4)[C@@H](C1)C21OCCO1. The lowest BCUT2D eigenvalue weighted by molar-refractivity contribution is -0.270. The summed E-state index contributed by atoms with van der Waals surface area (Å²) in [4.78, 5) is 0. The minimum atomic E-state index is -0.254. The van der Waals surface area contributed by atoms with Crippen molar-refractivity contribution < 1.29 is 14.2 Å². The lowest BCUT2D eigenvalue weighted by atomic mass is 9.55. The van der Waals surface area contributed by atoms with Gasteiger partial charge in [0.05, 0.1) is 18.8 Å². The predicted octanol–water partition coefficient (Wildman–Crippen LogP) is 2.63. The summed E-state index contributed by atoms with van der Waals surface area (Å²) in [6, 6.07) is 0. The lowest BCUT2D eigenvalue weighted by Gasteiger charge is -2.53. The zero-order valence-corrected chi connectivity index (χ0v) is 11.0. The minimum absolute atomic E-state index is 0.145. The fourth-order valence-electron chi connectivity index (χ4n) is 5.88. The van der Waals surface area contributed by atoms with Gasteiger partial charge in [-0.1, -0.05) is 19.3 Å². The molecule has 3 saturated carbocycles. The lowest BCUT2D eigenvalue weighted by Crippen LogP contribution is -2.61. The van der Waals surface area contributed by atoms with E-state index in [1.807, 2.05) is 0 Å². The molecule has 1 unspecified atom stereocenters. The topological polar surface area (TPSA) is 31.0 Å². The van der Waals surface area contributed by atoms with Gasteiger partial charge in [-0.25, -0.2) is 0 Å². The highest BCUT2D eigenvalue weighted by molar-refractivity contribution is 5.28. The van der Waals surface area contributed by atoms with E-state index in [0.717, 1.165) is 13.2 Å². The molecule has 100 valence electrons. The quantitative estimate of drug-likeness (QED) is 0.619. The van der Waals surface area contributed by atoms with Crippen LogP contribution in [-0.4, -0.2) is 30.2 Å². The number of hydrogen-bond acceptors (Lipinski definition) is 3. The van der Waals surface area contributed by atoms with Crippen LogP contribution in [0.5, 0.6) is 0 Å². The minimum Gasteiger partial charge on any atom is -0.362 e. The summed E-state index contributed by atoms with van der Waals surface area (Å²) in [5, 5.41) is 0. The average Bonchev–Trinajstić information content (AvgIpc) is 2.82. The summed E-state index contributed by atoms with van der Waals surface area (Å²) in [6.45, 7) is 1.58. The summed E-state index contributed by atoms with van der Waals surface area (Å²) in [7, 11) is 0. The molecule has 3 aliphatic carbocycles. The van der Waals surface area contributed by atoms with Crippen LogP contribution in [0.25, 0.3) is 0 Å². The van der Waals surface area contributed by atoms with E-state index in [4.69, 9.17) is 14.2 Å². The van der Waals surface area contributed by atoms with Gasteiger partial charge in [0.2, 0.25) is 0 Å². The number of hydrogen-bond donors (Lipinski definition) is 0. The van der Waals surface area contributed by atoms with E-state index in [0.29, 0.717) is 11.8 Å². The maximum Gasteiger partial charge on any atom is 0.177 e. The van der Waals surface area contributed by atoms with Crippen LogP contribution in [0.4, 0.5) is 0 Å². The highest BCUT2D eigenvalue weighted by Crippen LogP contribution is 2.73. The molecule has 0 aromatic heterocycles. The predicted molar refractivity (Wildman–Crippen MR) is 65.1 cm³/mol. The van der Waals surface area contributed by atoms with Crippen molar-refractivity contribution in [1.82, 2.24) is 0 Å². The smallest absolute Gasteiger partial charge is 0.177 e. The van der Waals surface area contributed by atoms with Crippen molar-refractivity contribution in [3.8, 4) is 0 Å². The van der Waals surface area contributed by atoms with Gasteiger partial charge < -0.3 is 14.2 Å². The molecule has 2 saturated heterocycles. The molecule has 4 atom stereocenters. The first kappa shape index (κ1) is 10.6. The van der Waals surface area contributed by atoms with Gasteiger partial charge in [-0.05, 0) is 32.1 Å². The molecule has 0 N–H and O–H groups in total. The van der Waals surface area contributed by atoms with E-state index in [2.05, 4.69) is 0 Å². The summed E-state index contributed by atoms with van der Waals surface area (Å²) in [5.41, 5.74) is 0.383. The highest BCUT2D eigenvalue weighted by atomic mass is 16.7. The first-order valence-electron chi connectivity index (χ1n) is 7.80. The second kappa shape index (κ2) is 3.13. The van der Waals surface area contributed by atoms with Crippen LogP contribution in [0, 0.1) is 11.8 Å². The van der Waals surface area contributed by atoms with Gasteiger partial charge in [-0.2, -0.15) is 0 Å². The van der Waals surface area contributed by atoms with Crippen molar-refractivity contribution in [2.75, 3.05) is 13.2 Å². The van der Waals surface area contributed by atoms with Gasteiger partial charge in [-0.3, -0.25) is 0 Å². The van der Waals surface area contributed by atoms with E-state index in [9.17, 15) is 0 Å². The Balaban J connectivity index is 1.61. The van der Waals surface area contributed by atoms with Crippen LogP contribution in [0.15, 0.2) is 0 Å². The summed E-state index contributed by atoms with van der Waals surface area (Å²) in [5.74, 6) is 0.850. The van der Waals surface area contributed by atoms with Crippen molar-refractivity contribution in [2.24, 2.45) is 11.8 Å². The monoisotopic (exact) mass is 250 g/mol. The second-order valence-corrected chi connectivity index (χ2v) is 7.00. The Bertz CT molecular complexity index is 389. The molecule has 1 spiro atoms. The molecule has 3 nitrogen and oxygen atoms in total. The summed E-state index contributed by atoms with van der Waals surface area (Å²) in [6.07, 6.45) is 10.3. The molecule has 0 aromatic rings. The Morgan fingerprint density at radius 3 is 2.61 bits per heavy atom. The third kappa shape index (κ3) is 0.981. The van der Waals surface area contributed by atoms with Crippen LogP contribution in [0.3, 0.4) is 0 Å². The van der Waals surface area contributed by atoms with Crippen LogP contribution < -0.4 is 0 Å². The highest BCUT2D eigenvalue weighted by Gasteiger charge is 2.82. The van der Waals surface area contributed by atoms with Gasteiger partial charge in [-0.15, -0.1) is 0 Å².